The van der Waals surface area contributed by atoms with Crippen LogP contribution in [0.25, 0.3) is 0 Å². The Morgan fingerprint density at radius 1 is 1.26 bits per heavy atom. The van der Waals surface area contributed by atoms with Gasteiger partial charge in [-0.3, -0.25) is 9.58 Å². The number of rotatable bonds is 3. The number of likely N-dealkylation sites (tertiary alicyclic amines) is 2. The Labute approximate surface area is 159 Å². The summed E-state index contributed by atoms with van der Waals surface area (Å²) in [5.41, 5.74) is 1.94. The van der Waals surface area contributed by atoms with Crippen LogP contribution in [0.2, 0.25) is 0 Å². The highest BCUT2D eigenvalue weighted by Crippen LogP contribution is 2.45. The largest absolute Gasteiger partial charge is 0.331 e. The SMILES string of the molecule is CN(C)C(=O)N1C[C@H]2CN(Cc3ccn(C)n3)C[C@H]2[C@@H]1c1cccc(F)c1. The van der Waals surface area contributed by atoms with Crippen molar-refractivity contribution in [2.24, 2.45) is 18.9 Å². The normalized spacial score (nSPS) is 25.0. The Bertz CT molecular complexity index is 835. The zero-order valence-corrected chi connectivity index (χ0v) is 16.0. The lowest BCUT2D eigenvalue weighted by Gasteiger charge is -2.31. The zero-order valence-electron chi connectivity index (χ0n) is 16.0. The van der Waals surface area contributed by atoms with E-state index in [4.69, 9.17) is 0 Å². The summed E-state index contributed by atoms with van der Waals surface area (Å²) < 4.78 is 15.7. The predicted octanol–water partition coefficient (Wildman–Crippen LogP) is 2.35. The monoisotopic (exact) mass is 371 g/mol. The lowest BCUT2D eigenvalue weighted by atomic mass is 9.89. The van der Waals surface area contributed by atoms with Crippen molar-refractivity contribution in [1.82, 2.24) is 24.5 Å². The van der Waals surface area contributed by atoms with Crippen molar-refractivity contribution in [2.75, 3.05) is 33.7 Å². The molecule has 3 heterocycles. The third-order valence-electron chi connectivity index (χ3n) is 5.71. The Hall–Kier alpha value is -2.41. The van der Waals surface area contributed by atoms with E-state index >= 15 is 0 Å². The quantitative estimate of drug-likeness (QED) is 0.832. The standard InChI is InChI=1S/C20H26FN5O/c1-23(2)20(27)26-11-15-10-25(12-17-7-8-24(3)22-17)13-18(15)19(26)14-5-4-6-16(21)9-14/h4-9,15,18-19H,10-13H2,1-3H3/t15-,18-,19+/m1/s1. The topological polar surface area (TPSA) is 44.6 Å². The maximum absolute atomic E-state index is 13.9. The summed E-state index contributed by atoms with van der Waals surface area (Å²) in [6.45, 7) is 3.34. The van der Waals surface area contributed by atoms with Gasteiger partial charge in [-0.25, -0.2) is 9.18 Å². The third kappa shape index (κ3) is 3.43. The molecule has 1 aromatic carbocycles. The molecule has 2 amide bonds. The number of hydrogen-bond donors (Lipinski definition) is 0. The van der Waals surface area contributed by atoms with Crippen molar-refractivity contribution in [1.29, 1.82) is 0 Å². The molecule has 0 bridgehead atoms. The Morgan fingerprint density at radius 3 is 2.74 bits per heavy atom. The maximum Gasteiger partial charge on any atom is 0.320 e. The molecule has 2 aliphatic heterocycles. The van der Waals surface area contributed by atoms with Gasteiger partial charge in [0.2, 0.25) is 0 Å². The Balaban J connectivity index is 1.57. The average molecular weight is 371 g/mol. The second-order valence-electron chi connectivity index (χ2n) is 7.93. The highest BCUT2D eigenvalue weighted by atomic mass is 19.1. The first-order chi connectivity index (χ1) is 12.9. The number of aryl methyl sites for hydroxylation is 1. The summed E-state index contributed by atoms with van der Waals surface area (Å²) in [6.07, 6.45) is 1.96. The third-order valence-corrected chi connectivity index (χ3v) is 5.71. The van der Waals surface area contributed by atoms with Crippen LogP contribution >= 0.6 is 0 Å². The van der Waals surface area contributed by atoms with E-state index in [0.717, 1.165) is 30.9 Å². The highest BCUT2D eigenvalue weighted by molar-refractivity contribution is 5.75. The molecule has 144 valence electrons. The van der Waals surface area contributed by atoms with Crippen molar-refractivity contribution in [3.05, 3.63) is 53.6 Å². The molecule has 2 aliphatic rings. The van der Waals surface area contributed by atoms with Crippen molar-refractivity contribution < 1.29 is 9.18 Å². The van der Waals surface area contributed by atoms with Gasteiger partial charge in [0, 0.05) is 59.4 Å². The molecule has 0 saturated carbocycles. The van der Waals surface area contributed by atoms with Crippen LogP contribution in [0.5, 0.6) is 0 Å². The van der Waals surface area contributed by atoms with Gasteiger partial charge in [0.15, 0.2) is 0 Å². The molecule has 7 heteroatoms. The van der Waals surface area contributed by atoms with E-state index < -0.39 is 0 Å². The van der Waals surface area contributed by atoms with E-state index in [9.17, 15) is 9.18 Å². The lowest BCUT2D eigenvalue weighted by molar-refractivity contribution is 0.151. The minimum atomic E-state index is -0.253. The molecule has 0 radical (unpaired) electrons. The molecule has 0 unspecified atom stereocenters. The fourth-order valence-corrected chi connectivity index (χ4v) is 4.61. The van der Waals surface area contributed by atoms with E-state index in [-0.39, 0.29) is 17.9 Å². The van der Waals surface area contributed by atoms with Gasteiger partial charge in [-0.05, 0) is 29.7 Å². The van der Waals surface area contributed by atoms with E-state index in [1.807, 2.05) is 35.0 Å². The first-order valence-corrected chi connectivity index (χ1v) is 9.36. The fourth-order valence-electron chi connectivity index (χ4n) is 4.61. The molecule has 2 aromatic rings. The zero-order chi connectivity index (χ0) is 19.1. The summed E-state index contributed by atoms with van der Waals surface area (Å²) in [5.74, 6) is 0.446. The fraction of sp³-hybridized carbons (Fsp3) is 0.500. The van der Waals surface area contributed by atoms with Crippen LogP contribution < -0.4 is 0 Å². The number of amides is 2. The van der Waals surface area contributed by atoms with Crippen LogP contribution in [0.4, 0.5) is 9.18 Å². The number of aromatic nitrogens is 2. The van der Waals surface area contributed by atoms with E-state index in [1.165, 1.54) is 6.07 Å². The summed E-state index contributed by atoms with van der Waals surface area (Å²) in [6, 6.07) is 8.65. The average Bonchev–Trinajstić information content (AvgIpc) is 3.28. The Kier molecular flexibility index (Phi) is 4.63. The van der Waals surface area contributed by atoms with Crippen molar-refractivity contribution in [2.45, 2.75) is 12.6 Å². The number of urea groups is 1. The molecule has 6 nitrogen and oxygen atoms in total. The Morgan fingerprint density at radius 2 is 2.07 bits per heavy atom. The van der Waals surface area contributed by atoms with Gasteiger partial charge < -0.3 is 9.80 Å². The molecule has 0 aliphatic carbocycles. The van der Waals surface area contributed by atoms with Crippen molar-refractivity contribution >= 4 is 6.03 Å². The van der Waals surface area contributed by atoms with Crippen LogP contribution in [0.3, 0.4) is 0 Å². The van der Waals surface area contributed by atoms with Gasteiger partial charge in [-0.15, -0.1) is 0 Å². The molecule has 2 saturated heterocycles. The summed E-state index contributed by atoms with van der Waals surface area (Å²) >= 11 is 0. The second kappa shape index (κ2) is 6.96. The van der Waals surface area contributed by atoms with Gasteiger partial charge in [-0.1, -0.05) is 12.1 Å². The van der Waals surface area contributed by atoms with Crippen LogP contribution in [0.1, 0.15) is 17.3 Å². The molecule has 0 N–H and O–H groups in total. The number of halogens is 1. The van der Waals surface area contributed by atoms with E-state index in [0.29, 0.717) is 18.4 Å². The minimum absolute atomic E-state index is 0.00469. The first-order valence-electron chi connectivity index (χ1n) is 9.36. The van der Waals surface area contributed by atoms with Gasteiger partial charge in [0.1, 0.15) is 5.82 Å². The summed E-state index contributed by atoms with van der Waals surface area (Å²) in [7, 11) is 5.46. The highest BCUT2D eigenvalue weighted by Gasteiger charge is 2.49. The van der Waals surface area contributed by atoms with E-state index in [1.54, 1.807) is 31.1 Å². The number of fused-ring (bicyclic) bond motifs is 1. The smallest absolute Gasteiger partial charge is 0.320 e. The summed E-state index contributed by atoms with van der Waals surface area (Å²) in [5, 5.41) is 4.48. The molecule has 4 rings (SSSR count). The maximum atomic E-state index is 13.9. The first kappa shape index (κ1) is 18.0. The number of hydrogen-bond acceptors (Lipinski definition) is 3. The number of carbonyl (C=O) groups excluding carboxylic acids is 1. The lowest BCUT2D eigenvalue weighted by Crippen LogP contribution is -2.41. The minimum Gasteiger partial charge on any atom is -0.331 e. The van der Waals surface area contributed by atoms with Gasteiger partial charge in [-0.2, -0.15) is 5.10 Å². The van der Waals surface area contributed by atoms with Crippen LogP contribution in [-0.4, -0.2) is 64.2 Å². The van der Waals surface area contributed by atoms with Crippen molar-refractivity contribution in [3.63, 3.8) is 0 Å². The number of nitrogens with zero attached hydrogens (tertiary/aromatic N) is 5. The van der Waals surface area contributed by atoms with Gasteiger partial charge in [0.05, 0.1) is 11.7 Å². The van der Waals surface area contributed by atoms with Gasteiger partial charge >= 0.3 is 6.03 Å². The number of carbonyl (C=O) groups is 1. The molecular weight excluding hydrogens is 345 g/mol. The predicted molar refractivity (Wildman–Crippen MR) is 100 cm³/mol. The van der Waals surface area contributed by atoms with Crippen LogP contribution in [0.15, 0.2) is 36.5 Å². The van der Waals surface area contributed by atoms with Gasteiger partial charge in [0.25, 0.3) is 0 Å². The number of benzene rings is 1. The summed E-state index contributed by atoms with van der Waals surface area (Å²) in [4.78, 5) is 18.7. The van der Waals surface area contributed by atoms with E-state index in [2.05, 4.69) is 10.00 Å². The molecule has 3 atom stereocenters. The molecule has 1 aromatic heterocycles. The van der Waals surface area contributed by atoms with Crippen LogP contribution in [-0.2, 0) is 13.6 Å². The molecule has 0 spiro atoms. The van der Waals surface area contributed by atoms with Crippen LogP contribution in [0, 0.1) is 17.7 Å². The molecule has 27 heavy (non-hydrogen) atoms. The second-order valence-corrected chi connectivity index (χ2v) is 7.93. The molecule has 2 fully saturated rings. The molecular formula is C20H26FN5O. The van der Waals surface area contributed by atoms with Crippen molar-refractivity contribution in [3.8, 4) is 0 Å².